The molecular weight excluding hydrogens is 280 g/mol. The van der Waals surface area contributed by atoms with Crippen molar-refractivity contribution in [3.05, 3.63) is 71.8 Å². The van der Waals surface area contributed by atoms with E-state index in [0.717, 1.165) is 35.4 Å². The molecule has 0 saturated heterocycles. The van der Waals surface area contributed by atoms with Gasteiger partial charge in [-0.2, -0.15) is 0 Å². The molecule has 5 nitrogen and oxygen atoms in total. The van der Waals surface area contributed by atoms with Crippen LogP contribution in [0.15, 0.2) is 60.7 Å². The van der Waals surface area contributed by atoms with Crippen LogP contribution in [0.1, 0.15) is 11.1 Å². The molecule has 5 heteroatoms. The number of aliphatic carboxylic acids is 1. The molecule has 0 radical (unpaired) electrons. The van der Waals surface area contributed by atoms with E-state index in [2.05, 4.69) is 5.32 Å². The summed E-state index contributed by atoms with van der Waals surface area (Å²) in [5.74, 6) is -1.64. The van der Waals surface area contributed by atoms with Crippen LogP contribution < -0.4 is 11.1 Å². The van der Waals surface area contributed by atoms with E-state index >= 15 is 0 Å². The number of nitrogen functional groups attached to an aromatic ring is 1. The topological polar surface area (TPSA) is 92.4 Å². The van der Waals surface area contributed by atoms with Crippen molar-refractivity contribution in [2.24, 2.45) is 0 Å². The summed E-state index contributed by atoms with van der Waals surface area (Å²) in [7, 11) is 0. The number of carboxylic acid groups (broad SMARTS) is 1. The lowest BCUT2D eigenvalue weighted by Gasteiger charge is -2.05. The lowest BCUT2D eigenvalue weighted by Crippen LogP contribution is -2.08. The van der Waals surface area contributed by atoms with E-state index in [-0.39, 0.29) is 0 Å². The molecule has 0 fully saturated rings. The van der Waals surface area contributed by atoms with Crippen molar-refractivity contribution in [1.29, 1.82) is 0 Å². The molecule has 0 bridgehead atoms. The van der Waals surface area contributed by atoms with Gasteiger partial charge in [-0.15, -0.1) is 0 Å². The molecule has 2 aromatic rings. The standard InChI is InChI=1S/C17H16N2O3/c18-14-5-1-12(2-6-14)11-13-3-7-15(8-4-13)19-16(20)9-10-17(21)22/h1-10H,11,18H2,(H,19,20)(H,21,22)/b10-9+. The number of anilines is 2. The Kier molecular flexibility index (Phi) is 4.93. The Morgan fingerprint density at radius 2 is 1.50 bits per heavy atom. The zero-order valence-electron chi connectivity index (χ0n) is 11.8. The number of carbonyl (C=O) groups excluding carboxylic acids is 1. The van der Waals surface area contributed by atoms with Crippen molar-refractivity contribution >= 4 is 23.3 Å². The van der Waals surface area contributed by atoms with Gasteiger partial charge in [0.1, 0.15) is 0 Å². The predicted octanol–water partition coefficient (Wildman–Crippen LogP) is 2.44. The van der Waals surface area contributed by atoms with Crippen LogP contribution in [0.4, 0.5) is 11.4 Å². The quantitative estimate of drug-likeness (QED) is 0.583. The third-order valence-electron chi connectivity index (χ3n) is 2.99. The maximum absolute atomic E-state index is 11.5. The Labute approximate surface area is 128 Å². The third-order valence-corrected chi connectivity index (χ3v) is 2.99. The summed E-state index contributed by atoms with van der Waals surface area (Å²) >= 11 is 0. The highest BCUT2D eigenvalue weighted by molar-refractivity contribution is 6.02. The van der Waals surface area contributed by atoms with E-state index in [1.54, 1.807) is 12.1 Å². The van der Waals surface area contributed by atoms with Crippen LogP contribution in [0, 0.1) is 0 Å². The second kappa shape index (κ2) is 7.08. The van der Waals surface area contributed by atoms with E-state index in [1.165, 1.54) is 0 Å². The van der Waals surface area contributed by atoms with E-state index in [1.807, 2.05) is 36.4 Å². The summed E-state index contributed by atoms with van der Waals surface area (Å²) in [5, 5.41) is 11.0. The first kappa shape index (κ1) is 15.3. The van der Waals surface area contributed by atoms with Crippen LogP contribution in [0.2, 0.25) is 0 Å². The monoisotopic (exact) mass is 296 g/mol. The summed E-state index contributed by atoms with van der Waals surface area (Å²) in [5.41, 5.74) is 9.24. The van der Waals surface area contributed by atoms with Gasteiger partial charge in [0, 0.05) is 23.5 Å². The molecule has 2 aromatic carbocycles. The van der Waals surface area contributed by atoms with Gasteiger partial charge in [0.2, 0.25) is 5.91 Å². The SMILES string of the molecule is Nc1ccc(Cc2ccc(NC(=O)/C=C/C(=O)O)cc2)cc1. The lowest BCUT2D eigenvalue weighted by atomic mass is 10.0. The minimum atomic E-state index is -1.16. The summed E-state index contributed by atoms with van der Waals surface area (Å²) in [6.07, 6.45) is 2.54. The maximum Gasteiger partial charge on any atom is 0.328 e. The van der Waals surface area contributed by atoms with Gasteiger partial charge >= 0.3 is 5.97 Å². The Hall–Kier alpha value is -3.08. The van der Waals surface area contributed by atoms with Gasteiger partial charge in [-0.1, -0.05) is 24.3 Å². The number of carbonyl (C=O) groups is 2. The third kappa shape index (κ3) is 4.79. The van der Waals surface area contributed by atoms with Crippen LogP contribution in [-0.4, -0.2) is 17.0 Å². The van der Waals surface area contributed by atoms with Crippen LogP contribution >= 0.6 is 0 Å². The molecule has 112 valence electrons. The summed E-state index contributed by atoms with van der Waals surface area (Å²) < 4.78 is 0. The van der Waals surface area contributed by atoms with Crippen molar-refractivity contribution in [2.75, 3.05) is 11.1 Å². The zero-order valence-corrected chi connectivity index (χ0v) is 11.8. The number of amides is 1. The van der Waals surface area contributed by atoms with Gasteiger partial charge in [-0.25, -0.2) is 4.79 Å². The highest BCUT2D eigenvalue weighted by Gasteiger charge is 2.00. The average Bonchev–Trinajstić information content (AvgIpc) is 2.49. The van der Waals surface area contributed by atoms with Gasteiger partial charge in [0.25, 0.3) is 0 Å². The maximum atomic E-state index is 11.5. The summed E-state index contributed by atoms with van der Waals surface area (Å²) in [6, 6.07) is 15.0. The molecule has 0 aromatic heterocycles. The Bertz CT molecular complexity index is 689. The molecule has 1 amide bonds. The molecule has 0 spiro atoms. The molecule has 4 N–H and O–H groups in total. The second-order valence-corrected chi connectivity index (χ2v) is 4.78. The van der Waals surface area contributed by atoms with Gasteiger partial charge in [-0.05, 0) is 41.8 Å². The summed E-state index contributed by atoms with van der Waals surface area (Å²) in [6.45, 7) is 0. The molecule has 2 rings (SSSR count). The molecular formula is C17H16N2O3. The fraction of sp³-hybridized carbons (Fsp3) is 0.0588. The number of carboxylic acids is 1. The van der Waals surface area contributed by atoms with Crippen molar-refractivity contribution in [2.45, 2.75) is 6.42 Å². The smallest absolute Gasteiger partial charge is 0.328 e. The Balaban J connectivity index is 1.96. The molecule has 0 aliphatic carbocycles. The van der Waals surface area contributed by atoms with E-state index in [4.69, 9.17) is 10.8 Å². The predicted molar refractivity (Wildman–Crippen MR) is 85.5 cm³/mol. The number of hydrogen-bond donors (Lipinski definition) is 3. The molecule has 0 heterocycles. The molecule has 0 saturated carbocycles. The minimum absolute atomic E-state index is 0.478. The number of nitrogens with one attached hydrogen (secondary N) is 1. The Morgan fingerprint density at radius 3 is 2.05 bits per heavy atom. The van der Waals surface area contributed by atoms with E-state index in [9.17, 15) is 9.59 Å². The van der Waals surface area contributed by atoms with Gasteiger partial charge < -0.3 is 16.2 Å². The average molecular weight is 296 g/mol. The molecule has 0 aliphatic heterocycles. The fourth-order valence-corrected chi connectivity index (χ4v) is 1.91. The van der Waals surface area contributed by atoms with Gasteiger partial charge in [0.05, 0.1) is 0 Å². The van der Waals surface area contributed by atoms with E-state index in [0.29, 0.717) is 5.69 Å². The molecule has 0 unspecified atom stereocenters. The first-order chi connectivity index (χ1) is 10.5. The largest absolute Gasteiger partial charge is 0.478 e. The fourth-order valence-electron chi connectivity index (χ4n) is 1.91. The van der Waals surface area contributed by atoms with Crippen LogP contribution in [0.3, 0.4) is 0 Å². The van der Waals surface area contributed by atoms with Gasteiger partial charge in [0.15, 0.2) is 0 Å². The highest BCUT2D eigenvalue weighted by atomic mass is 16.4. The summed E-state index contributed by atoms with van der Waals surface area (Å²) in [4.78, 5) is 21.8. The lowest BCUT2D eigenvalue weighted by molar-refractivity contribution is -0.131. The number of nitrogens with two attached hydrogens (primary N) is 1. The normalized spacial score (nSPS) is 10.5. The Morgan fingerprint density at radius 1 is 0.955 bits per heavy atom. The second-order valence-electron chi connectivity index (χ2n) is 4.78. The number of benzene rings is 2. The van der Waals surface area contributed by atoms with Gasteiger partial charge in [-0.3, -0.25) is 4.79 Å². The van der Waals surface area contributed by atoms with Crippen molar-refractivity contribution in [3.8, 4) is 0 Å². The van der Waals surface area contributed by atoms with Crippen molar-refractivity contribution in [3.63, 3.8) is 0 Å². The van der Waals surface area contributed by atoms with Crippen LogP contribution in [0.25, 0.3) is 0 Å². The molecule has 22 heavy (non-hydrogen) atoms. The van der Waals surface area contributed by atoms with Crippen LogP contribution in [-0.2, 0) is 16.0 Å². The minimum Gasteiger partial charge on any atom is -0.478 e. The first-order valence-electron chi connectivity index (χ1n) is 6.68. The molecule has 0 aliphatic rings. The van der Waals surface area contributed by atoms with Crippen LogP contribution in [0.5, 0.6) is 0 Å². The van der Waals surface area contributed by atoms with Crippen molar-refractivity contribution < 1.29 is 14.7 Å². The highest BCUT2D eigenvalue weighted by Crippen LogP contribution is 2.14. The number of hydrogen-bond acceptors (Lipinski definition) is 3. The zero-order chi connectivity index (χ0) is 15.9. The first-order valence-corrected chi connectivity index (χ1v) is 6.68. The molecule has 0 atom stereocenters. The number of rotatable bonds is 5. The van der Waals surface area contributed by atoms with Crippen molar-refractivity contribution in [1.82, 2.24) is 0 Å². The van der Waals surface area contributed by atoms with E-state index < -0.39 is 11.9 Å².